The second-order valence-corrected chi connectivity index (χ2v) is 9.19. The van der Waals surface area contributed by atoms with E-state index in [0.29, 0.717) is 55.3 Å². The Hall–Kier alpha value is -3.56. The number of piperazine rings is 1. The highest BCUT2D eigenvalue weighted by atomic mass is 35.5. The number of hydrogen-bond acceptors (Lipinski definition) is 7. The van der Waals surface area contributed by atoms with Crippen molar-refractivity contribution in [2.24, 2.45) is 0 Å². The van der Waals surface area contributed by atoms with Crippen LogP contribution >= 0.6 is 11.6 Å². The van der Waals surface area contributed by atoms with E-state index in [-0.39, 0.29) is 11.6 Å². The molecule has 3 aromatic heterocycles. The number of aromatic nitrogens is 5. The number of amides is 1. The summed E-state index contributed by atoms with van der Waals surface area (Å²) in [5, 5.41) is 8.90. The van der Waals surface area contributed by atoms with Crippen LogP contribution in [-0.4, -0.2) is 66.8 Å². The summed E-state index contributed by atoms with van der Waals surface area (Å²) in [5.41, 5.74) is 4.17. The van der Waals surface area contributed by atoms with Crippen LogP contribution in [0.25, 0.3) is 17.2 Å². The van der Waals surface area contributed by atoms with Gasteiger partial charge >= 0.3 is 0 Å². The van der Waals surface area contributed by atoms with Crippen LogP contribution in [0.1, 0.15) is 33.3 Å². The molecule has 4 heterocycles. The molecule has 10 heteroatoms. The Morgan fingerprint density at radius 2 is 1.74 bits per heavy atom. The maximum Gasteiger partial charge on any atom is 0.274 e. The van der Waals surface area contributed by atoms with Crippen LogP contribution in [-0.2, 0) is 6.54 Å². The summed E-state index contributed by atoms with van der Waals surface area (Å²) < 4.78 is 7.18. The molecule has 1 saturated heterocycles. The average Bonchev–Trinajstić information content (AvgIpc) is 3.45. The molecule has 0 bridgehead atoms. The van der Waals surface area contributed by atoms with E-state index in [0.717, 1.165) is 17.0 Å². The minimum absolute atomic E-state index is 0.183. The summed E-state index contributed by atoms with van der Waals surface area (Å²) >= 11 is 6.36. The Morgan fingerprint density at radius 1 is 1.00 bits per heavy atom. The van der Waals surface area contributed by atoms with E-state index in [9.17, 15) is 4.79 Å². The molecule has 0 unspecified atom stereocenters. The topological polar surface area (TPSA) is 93.2 Å². The van der Waals surface area contributed by atoms with Crippen molar-refractivity contribution in [2.45, 2.75) is 27.3 Å². The van der Waals surface area contributed by atoms with Crippen LogP contribution in [0.3, 0.4) is 0 Å². The minimum atomic E-state index is -0.183. The molecule has 5 rings (SSSR count). The van der Waals surface area contributed by atoms with E-state index >= 15 is 0 Å². The van der Waals surface area contributed by atoms with Gasteiger partial charge in [-0.3, -0.25) is 9.69 Å². The van der Waals surface area contributed by atoms with Gasteiger partial charge in [0.2, 0.25) is 11.7 Å². The molecule has 9 nitrogen and oxygen atoms in total. The zero-order valence-electron chi connectivity index (χ0n) is 19.9. The Labute approximate surface area is 208 Å². The molecule has 0 N–H and O–H groups in total. The zero-order valence-corrected chi connectivity index (χ0v) is 20.7. The van der Waals surface area contributed by atoms with Crippen molar-refractivity contribution in [3.8, 4) is 17.2 Å². The first-order valence-corrected chi connectivity index (χ1v) is 11.9. The lowest BCUT2D eigenvalue weighted by Gasteiger charge is -2.33. The van der Waals surface area contributed by atoms with Gasteiger partial charge in [-0.1, -0.05) is 46.6 Å². The first-order valence-electron chi connectivity index (χ1n) is 11.5. The molecular formula is C25H26ClN7O2. The molecule has 0 aliphatic carbocycles. The number of carbonyl (C=O) groups is 1. The molecule has 0 atom stereocenters. The van der Waals surface area contributed by atoms with E-state index in [1.165, 1.54) is 5.56 Å². The summed E-state index contributed by atoms with van der Waals surface area (Å²) in [6, 6.07) is 13.4. The summed E-state index contributed by atoms with van der Waals surface area (Å²) in [6.45, 7) is 8.92. The number of carbonyl (C=O) groups excluding carboxylic acids is 1. The van der Waals surface area contributed by atoms with Gasteiger partial charge in [0.05, 0.1) is 17.3 Å². The Morgan fingerprint density at radius 3 is 2.43 bits per heavy atom. The summed E-state index contributed by atoms with van der Waals surface area (Å²) in [5.74, 6) is 1.53. The number of benzene rings is 1. The third-order valence-corrected chi connectivity index (χ3v) is 6.36. The van der Waals surface area contributed by atoms with Crippen molar-refractivity contribution >= 4 is 17.5 Å². The molecule has 1 aliphatic heterocycles. The highest BCUT2D eigenvalue weighted by Gasteiger charge is 2.26. The SMILES string of the molecule is Cc1ccc(-c2noc(CN3CCN(C(=O)c4nc(-n5nc(C)cc5C)ccc4Cl)CC3)n2)cc1. The lowest BCUT2D eigenvalue weighted by molar-refractivity contribution is 0.0609. The van der Waals surface area contributed by atoms with Crippen LogP contribution in [0.15, 0.2) is 47.0 Å². The lowest BCUT2D eigenvalue weighted by atomic mass is 10.1. The number of hydrogen-bond donors (Lipinski definition) is 0. The van der Waals surface area contributed by atoms with E-state index in [4.69, 9.17) is 16.1 Å². The molecular weight excluding hydrogens is 466 g/mol. The molecule has 35 heavy (non-hydrogen) atoms. The third kappa shape index (κ3) is 4.96. The first kappa shape index (κ1) is 23.2. The van der Waals surface area contributed by atoms with Crippen LogP contribution in [0.5, 0.6) is 0 Å². The van der Waals surface area contributed by atoms with Crippen molar-refractivity contribution in [2.75, 3.05) is 26.2 Å². The molecule has 1 aromatic carbocycles. The van der Waals surface area contributed by atoms with Gasteiger partial charge < -0.3 is 9.42 Å². The molecule has 4 aromatic rings. The largest absolute Gasteiger partial charge is 0.338 e. The lowest BCUT2D eigenvalue weighted by Crippen LogP contribution is -2.48. The Balaban J connectivity index is 1.22. The summed E-state index contributed by atoms with van der Waals surface area (Å²) in [4.78, 5) is 26.3. The second-order valence-electron chi connectivity index (χ2n) is 8.78. The predicted octanol–water partition coefficient (Wildman–Crippen LogP) is 3.85. The Kier molecular flexibility index (Phi) is 6.36. The van der Waals surface area contributed by atoms with Gasteiger partial charge in [0.1, 0.15) is 5.69 Å². The van der Waals surface area contributed by atoms with E-state index in [1.54, 1.807) is 21.7 Å². The number of pyridine rings is 1. The molecule has 0 saturated carbocycles. The van der Waals surface area contributed by atoms with Gasteiger partial charge in [0, 0.05) is 37.4 Å². The van der Waals surface area contributed by atoms with Crippen LogP contribution in [0.4, 0.5) is 0 Å². The predicted molar refractivity (Wildman–Crippen MR) is 131 cm³/mol. The molecule has 1 fully saturated rings. The fraction of sp³-hybridized carbons (Fsp3) is 0.320. The average molecular weight is 492 g/mol. The Bertz CT molecular complexity index is 1350. The first-order chi connectivity index (χ1) is 16.9. The van der Waals surface area contributed by atoms with Crippen molar-refractivity contribution < 1.29 is 9.32 Å². The van der Waals surface area contributed by atoms with Crippen molar-refractivity contribution in [1.82, 2.24) is 34.7 Å². The van der Waals surface area contributed by atoms with Crippen LogP contribution < -0.4 is 0 Å². The van der Waals surface area contributed by atoms with Gasteiger partial charge in [-0.2, -0.15) is 10.1 Å². The monoisotopic (exact) mass is 491 g/mol. The normalized spacial score (nSPS) is 14.5. The second kappa shape index (κ2) is 9.59. The molecule has 0 radical (unpaired) electrons. The highest BCUT2D eigenvalue weighted by molar-refractivity contribution is 6.33. The maximum atomic E-state index is 13.2. The quantitative estimate of drug-likeness (QED) is 0.418. The third-order valence-electron chi connectivity index (χ3n) is 6.06. The fourth-order valence-corrected chi connectivity index (χ4v) is 4.34. The molecule has 0 spiro atoms. The summed E-state index contributed by atoms with van der Waals surface area (Å²) in [7, 11) is 0. The van der Waals surface area contributed by atoms with E-state index in [2.05, 4.69) is 25.1 Å². The number of nitrogens with zero attached hydrogens (tertiary/aromatic N) is 7. The zero-order chi connectivity index (χ0) is 24.5. The molecule has 180 valence electrons. The minimum Gasteiger partial charge on any atom is -0.338 e. The number of aryl methyl sites for hydroxylation is 3. The number of rotatable bonds is 5. The van der Waals surface area contributed by atoms with E-state index < -0.39 is 0 Å². The maximum absolute atomic E-state index is 13.2. The van der Waals surface area contributed by atoms with Gasteiger partial charge in [-0.15, -0.1) is 0 Å². The fourth-order valence-electron chi connectivity index (χ4n) is 4.15. The standard InChI is InChI=1S/C25H26ClN7O2/c1-16-4-6-19(7-5-16)24-28-22(35-30-24)15-31-10-12-32(13-11-31)25(34)23-20(26)8-9-21(27-23)33-18(3)14-17(2)29-33/h4-9,14H,10-13,15H2,1-3H3. The molecule has 1 amide bonds. The van der Waals surface area contributed by atoms with Gasteiger partial charge in [0.15, 0.2) is 5.82 Å². The summed E-state index contributed by atoms with van der Waals surface area (Å²) in [6.07, 6.45) is 0. The van der Waals surface area contributed by atoms with E-state index in [1.807, 2.05) is 51.1 Å². The van der Waals surface area contributed by atoms with Crippen molar-refractivity contribution in [1.29, 1.82) is 0 Å². The van der Waals surface area contributed by atoms with Crippen molar-refractivity contribution in [3.63, 3.8) is 0 Å². The highest BCUT2D eigenvalue weighted by Crippen LogP contribution is 2.21. The molecule has 1 aliphatic rings. The van der Waals surface area contributed by atoms with Crippen LogP contribution in [0, 0.1) is 20.8 Å². The van der Waals surface area contributed by atoms with Gasteiger partial charge in [0.25, 0.3) is 5.91 Å². The smallest absolute Gasteiger partial charge is 0.274 e. The van der Waals surface area contributed by atoms with Crippen LogP contribution in [0.2, 0.25) is 5.02 Å². The van der Waals surface area contributed by atoms with Gasteiger partial charge in [-0.05, 0) is 39.0 Å². The number of halogens is 1. The van der Waals surface area contributed by atoms with Crippen molar-refractivity contribution in [3.05, 3.63) is 76.0 Å². The van der Waals surface area contributed by atoms with Gasteiger partial charge in [-0.25, -0.2) is 9.67 Å².